The predicted octanol–water partition coefficient (Wildman–Crippen LogP) is 5.40. The van der Waals surface area contributed by atoms with Gasteiger partial charge < -0.3 is 5.32 Å². The third kappa shape index (κ3) is 4.40. The molecule has 1 aromatic carbocycles. The summed E-state index contributed by atoms with van der Waals surface area (Å²) < 4.78 is 30.7. The van der Waals surface area contributed by atoms with Crippen LogP contribution in [0.5, 0.6) is 0 Å². The van der Waals surface area contributed by atoms with Gasteiger partial charge in [0.1, 0.15) is 6.54 Å². The third-order valence-electron chi connectivity index (χ3n) is 5.98. The average Bonchev–Trinajstić information content (AvgIpc) is 3.52. The fourth-order valence-electron chi connectivity index (χ4n) is 4.12. The number of anilines is 1. The molecule has 1 amide bonds. The van der Waals surface area contributed by atoms with Crippen LogP contribution in [0.25, 0.3) is 11.0 Å². The number of nitrogens with zero attached hydrogens (tertiary/aromatic N) is 5. The lowest BCUT2D eigenvalue weighted by atomic mass is 10.1. The molecule has 1 fully saturated rings. The summed E-state index contributed by atoms with van der Waals surface area (Å²) in [5.74, 6) is 0.219. The molecule has 3 aromatic heterocycles. The highest BCUT2D eigenvalue weighted by atomic mass is 35.5. The van der Waals surface area contributed by atoms with E-state index in [1.165, 1.54) is 10.7 Å². The number of carbonyl (C=O) groups excluding carboxylic acids is 1. The van der Waals surface area contributed by atoms with Gasteiger partial charge in [0.05, 0.1) is 17.6 Å². The van der Waals surface area contributed by atoms with E-state index in [4.69, 9.17) is 11.6 Å². The molecular formula is C24H23ClF2N6O. The maximum atomic E-state index is 13.8. The largest absolute Gasteiger partial charge is 0.308 e. The van der Waals surface area contributed by atoms with Crippen molar-refractivity contribution in [2.24, 2.45) is 0 Å². The molecule has 3 heterocycles. The van der Waals surface area contributed by atoms with Crippen LogP contribution >= 0.6 is 11.6 Å². The van der Waals surface area contributed by atoms with Crippen molar-refractivity contribution < 1.29 is 13.6 Å². The summed E-state index contributed by atoms with van der Waals surface area (Å²) in [5.41, 5.74) is 3.07. The molecule has 0 aliphatic heterocycles. The van der Waals surface area contributed by atoms with Gasteiger partial charge in [0, 0.05) is 34.0 Å². The van der Waals surface area contributed by atoms with Gasteiger partial charge in [-0.3, -0.25) is 9.48 Å². The second-order valence-electron chi connectivity index (χ2n) is 8.62. The van der Waals surface area contributed by atoms with E-state index in [1.54, 1.807) is 17.7 Å². The summed E-state index contributed by atoms with van der Waals surface area (Å²) in [6.45, 7) is 3.85. The van der Waals surface area contributed by atoms with Crippen molar-refractivity contribution >= 4 is 34.4 Å². The zero-order valence-electron chi connectivity index (χ0n) is 18.7. The number of halogens is 3. The molecular weight excluding hydrogens is 462 g/mol. The van der Waals surface area contributed by atoms with Crippen LogP contribution in [-0.2, 0) is 17.9 Å². The van der Waals surface area contributed by atoms with Crippen molar-refractivity contribution in [2.45, 2.75) is 52.1 Å². The Balaban J connectivity index is 1.37. The first-order chi connectivity index (χ1) is 16.3. The molecule has 5 rings (SSSR count). The summed E-state index contributed by atoms with van der Waals surface area (Å²) in [4.78, 5) is 17.4. The van der Waals surface area contributed by atoms with Gasteiger partial charge in [-0.05, 0) is 44.4 Å². The molecule has 0 unspecified atom stereocenters. The van der Waals surface area contributed by atoms with E-state index in [0.717, 1.165) is 24.1 Å². The molecule has 10 heteroatoms. The lowest BCUT2D eigenvalue weighted by molar-refractivity contribution is -0.116. The quantitative estimate of drug-likeness (QED) is 0.381. The Morgan fingerprint density at radius 3 is 2.65 bits per heavy atom. The number of amides is 1. The molecule has 4 aromatic rings. The second kappa shape index (κ2) is 8.79. The number of aromatic nitrogens is 5. The number of alkyl halides is 2. The minimum Gasteiger partial charge on any atom is -0.308 e. The molecule has 1 aliphatic carbocycles. The number of fused-ring (bicyclic) bond motifs is 1. The molecule has 1 N–H and O–H groups in total. The zero-order valence-corrected chi connectivity index (χ0v) is 19.5. The molecule has 0 atom stereocenters. The summed E-state index contributed by atoms with van der Waals surface area (Å²) >= 11 is 6.25. The first-order valence-corrected chi connectivity index (χ1v) is 11.4. The Morgan fingerprint density at radius 2 is 1.94 bits per heavy atom. The number of rotatable bonds is 7. The van der Waals surface area contributed by atoms with Crippen LogP contribution in [0.1, 0.15) is 53.4 Å². The number of hydrogen-bond donors (Lipinski definition) is 1. The highest BCUT2D eigenvalue weighted by Crippen LogP contribution is 2.41. The average molecular weight is 485 g/mol. The number of hydrogen-bond acceptors (Lipinski definition) is 4. The topological polar surface area (TPSA) is 77.6 Å². The zero-order chi connectivity index (χ0) is 24.0. The van der Waals surface area contributed by atoms with E-state index < -0.39 is 6.43 Å². The molecule has 0 saturated heterocycles. The molecule has 34 heavy (non-hydrogen) atoms. The van der Waals surface area contributed by atoms with Crippen LogP contribution in [-0.4, -0.2) is 30.5 Å². The number of benzene rings is 1. The normalized spacial score (nSPS) is 13.7. The van der Waals surface area contributed by atoms with Gasteiger partial charge >= 0.3 is 0 Å². The fraction of sp³-hybridized carbons (Fsp3) is 0.333. The first-order valence-electron chi connectivity index (χ1n) is 11.0. The molecule has 7 nitrogen and oxygen atoms in total. The Hall–Kier alpha value is -3.33. The van der Waals surface area contributed by atoms with Crippen molar-refractivity contribution in [3.63, 3.8) is 0 Å². The van der Waals surface area contributed by atoms with Crippen molar-refractivity contribution in [1.82, 2.24) is 24.5 Å². The van der Waals surface area contributed by atoms with Crippen LogP contribution in [0.15, 0.2) is 36.4 Å². The first kappa shape index (κ1) is 22.5. The van der Waals surface area contributed by atoms with E-state index in [0.29, 0.717) is 39.8 Å². The Labute approximate surface area is 199 Å². The van der Waals surface area contributed by atoms with Gasteiger partial charge in [-0.25, -0.2) is 18.4 Å². The van der Waals surface area contributed by atoms with Gasteiger partial charge in [-0.2, -0.15) is 10.2 Å². The number of pyridine rings is 1. The van der Waals surface area contributed by atoms with Gasteiger partial charge in [0.15, 0.2) is 11.5 Å². The Kier molecular flexibility index (Phi) is 5.81. The smallest absolute Gasteiger partial charge is 0.264 e. The van der Waals surface area contributed by atoms with Gasteiger partial charge in [0.25, 0.3) is 6.43 Å². The minimum atomic E-state index is -2.64. The monoisotopic (exact) mass is 484 g/mol. The minimum absolute atomic E-state index is 0.0787. The van der Waals surface area contributed by atoms with E-state index in [2.05, 4.69) is 20.5 Å². The lowest BCUT2D eigenvalue weighted by Gasteiger charge is -2.08. The van der Waals surface area contributed by atoms with Crippen LogP contribution < -0.4 is 5.32 Å². The number of carbonyl (C=O) groups is 1. The van der Waals surface area contributed by atoms with E-state index in [-0.39, 0.29) is 23.9 Å². The summed E-state index contributed by atoms with van der Waals surface area (Å²) in [5, 5.41) is 12.5. The van der Waals surface area contributed by atoms with E-state index >= 15 is 0 Å². The van der Waals surface area contributed by atoms with Gasteiger partial charge in [-0.15, -0.1) is 0 Å². The van der Waals surface area contributed by atoms with Crippen LogP contribution in [0.3, 0.4) is 0 Å². The molecule has 176 valence electrons. The van der Waals surface area contributed by atoms with E-state index in [9.17, 15) is 13.6 Å². The molecule has 0 radical (unpaired) electrons. The fourth-order valence-corrected chi connectivity index (χ4v) is 4.31. The molecule has 1 saturated carbocycles. The van der Waals surface area contributed by atoms with Gasteiger partial charge in [0.2, 0.25) is 5.91 Å². The van der Waals surface area contributed by atoms with Gasteiger partial charge in [-0.1, -0.05) is 29.8 Å². The lowest BCUT2D eigenvalue weighted by Crippen LogP contribution is -2.20. The second-order valence-corrected chi connectivity index (χ2v) is 9.03. The SMILES string of the molecule is Cc1nn(CC(=O)Nc2cc(C)n(Cc3ccccc3Cl)n2)c2nc(C3CC3)cc(C(F)F)c12. The Morgan fingerprint density at radius 1 is 1.18 bits per heavy atom. The van der Waals surface area contributed by atoms with Crippen molar-refractivity contribution in [3.8, 4) is 0 Å². The third-order valence-corrected chi connectivity index (χ3v) is 6.35. The molecule has 0 bridgehead atoms. The highest BCUT2D eigenvalue weighted by molar-refractivity contribution is 6.31. The summed E-state index contributed by atoms with van der Waals surface area (Å²) in [6.07, 6.45) is -0.770. The van der Waals surface area contributed by atoms with Crippen LogP contribution in [0, 0.1) is 13.8 Å². The maximum Gasteiger partial charge on any atom is 0.264 e. The van der Waals surface area contributed by atoms with E-state index in [1.807, 2.05) is 31.2 Å². The van der Waals surface area contributed by atoms with Crippen molar-refractivity contribution in [3.05, 3.63) is 69.6 Å². The predicted molar refractivity (Wildman–Crippen MR) is 125 cm³/mol. The number of nitrogens with one attached hydrogen (secondary N) is 1. The maximum absolute atomic E-state index is 13.8. The van der Waals surface area contributed by atoms with Crippen LogP contribution in [0.4, 0.5) is 14.6 Å². The standard InChI is InChI=1S/C24H23ClF2N6O/c1-13-9-20(31-32(13)11-16-5-3-4-6-18(16)25)29-21(34)12-33-24-22(14(2)30-33)17(23(26)27)10-19(28-24)15-7-8-15/h3-6,9-10,15,23H,7-8,11-12H2,1-2H3,(H,29,31,34). The number of aryl methyl sites for hydroxylation is 2. The molecule has 1 aliphatic rings. The van der Waals surface area contributed by atoms with Crippen molar-refractivity contribution in [2.75, 3.05) is 5.32 Å². The highest BCUT2D eigenvalue weighted by Gasteiger charge is 2.29. The summed E-state index contributed by atoms with van der Waals surface area (Å²) in [7, 11) is 0. The van der Waals surface area contributed by atoms with Crippen LogP contribution in [0.2, 0.25) is 5.02 Å². The Bertz CT molecular complexity index is 1390. The van der Waals surface area contributed by atoms with Crippen molar-refractivity contribution in [1.29, 1.82) is 0 Å². The summed E-state index contributed by atoms with van der Waals surface area (Å²) in [6, 6.07) is 10.8. The molecule has 0 spiro atoms.